The highest BCUT2D eigenvalue weighted by molar-refractivity contribution is 5.87. The number of carbonyl (C=O) groups is 2. The van der Waals surface area contributed by atoms with Crippen molar-refractivity contribution >= 4 is 11.8 Å². The number of nitrogens with zero attached hydrogens (tertiary/aromatic N) is 5. The number of tetrazole rings is 1. The van der Waals surface area contributed by atoms with E-state index >= 15 is 0 Å². The Kier molecular flexibility index (Phi) is 6.79. The van der Waals surface area contributed by atoms with Crippen LogP contribution in [0.3, 0.4) is 0 Å². The lowest BCUT2D eigenvalue weighted by atomic mass is 10.1. The maximum atomic E-state index is 13.4. The van der Waals surface area contributed by atoms with Crippen LogP contribution in [0.5, 0.6) is 11.5 Å². The number of amides is 2. The quantitative estimate of drug-likeness (QED) is 0.513. The van der Waals surface area contributed by atoms with Gasteiger partial charge in [-0.05, 0) is 66.9 Å². The molecule has 36 heavy (non-hydrogen) atoms. The largest absolute Gasteiger partial charge is 0.454 e. The van der Waals surface area contributed by atoms with Gasteiger partial charge in [-0.1, -0.05) is 18.9 Å². The van der Waals surface area contributed by atoms with Crippen LogP contribution in [-0.2, 0) is 22.7 Å². The average Bonchev–Trinajstić information content (AvgIpc) is 3.64. The van der Waals surface area contributed by atoms with Crippen molar-refractivity contribution in [3.8, 4) is 22.9 Å². The molecule has 2 aliphatic rings. The molecule has 1 saturated carbocycles. The molecule has 1 N–H and O–H groups in total. The van der Waals surface area contributed by atoms with E-state index in [1.807, 2.05) is 12.1 Å². The number of carbonyl (C=O) groups excluding carboxylic acids is 2. The summed E-state index contributed by atoms with van der Waals surface area (Å²) in [6.45, 7) is 1.85. The summed E-state index contributed by atoms with van der Waals surface area (Å²) >= 11 is 0. The van der Waals surface area contributed by atoms with Crippen LogP contribution in [-0.4, -0.2) is 55.8 Å². The fourth-order valence-corrected chi connectivity index (χ4v) is 4.45. The molecule has 5 rings (SSSR count). The minimum atomic E-state index is -0.719. The highest BCUT2D eigenvalue weighted by Gasteiger charge is 2.29. The van der Waals surface area contributed by atoms with Gasteiger partial charge in [0.05, 0.1) is 0 Å². The normalized spacial score (nSPS) is 15.6. The van der Waals surface area contributed by atoms with Gasteiger partial charge in [-0.25, -0.2) is 4.39 Å². The molecule has 11 heteroatoms. The number of benzene rings is 2. The summed E-state index contributed by atoms with van der Waals surface area (Å²) in [7, 11) is 0. The maximum absolute atomic E-state index is 13.4. The number of halogens is 1. The molecule has 2 aromatic carbocycles. The Balaban J connectivity index is 1.33. The van der Waals surface area contributed by atoms with Gasteiger partial charge in [0.2, 0.25) is 24.4 Å². The second kappa shape index (κ2) is 10.3. The Labute approximate surface area is 207 Å². The number of nitrogens with one attached hydrogen (secondary N) is 1. The summed E-state index contributed by atoms with van der Waals surface area (Å²) in [4.78, 5) is 29.2. The van der Waals surface area contributed by atoms with Crippen LogP contribution >= 0.6 is 0 Å². The summed E-state index contributed by atoms with van der Waals surface area (Å²) in [5.41, 5.74) is 1.38. The van der Waals surface area contributed by atoms with E-state index in [0.717, 1.165) is 31.2 Å². The zero-order valence-corrected chi connectivity index (χ0v) is 19.9. The molecule has 2 heterocycles. The summed E-state index contributed by atoms with van der Waals surface area (Å²) in [6, 6.07) is 10.6. The number of aromatic nitrogens is 4. The number of hydrogen-bond acceptors (Lipinski definition) is 7. The third kappa shape index (κ3) is 5.29. The molecule has 1 fully saturated rings. The van der Waals surface area contributed by atoms with Gasteiger partial charge in [0.25, 0.3) is 0 Å². The smallest absolute Gasteiger partial charge is 0.247 e. The standard InChI is InChI=1S/C25H27FN6O4/c1-16(25(34)27-20-4-2-3-5-20)31(13-17-6-11-21-22(12-17)36-15-35-21)23(33)14-32-29-24(28-30-32)18-7-9-19(26)10-8-18/h6-12,16,20H,2-5,13-15H2,1H3,(H,27,34). The lowest BCUT2D eigenvalue weighted by Crippen LogP contribution is -2.50. The number of fused-ring (bicyclic) bond motifs is 1. The van der Waals surface area contributed by atoms with Crippen LogP contribution in [0.15, 0.2) is 42.5 Å². The molecule has 0 saturated heterocycles. The van der Waals surface area contributed by atoms with Crippen LogP contribution in [0.25, 0.3) is 11.4 Å². The van der Waals surface area contributed by atoms with Crippen molar-refractivity contribution in [3.05, 3.63) is 53.8 Å². The lowest BCUT2D eigenvalue weighted by molar-refractivity contribution is -0.141. The molecular formula is C25H27FN6O4. The predicted molar refractivity (Wildman–Crippen MR) is 126 cm³/mol. The van der Waals surface area contributed by atoms with Gasteiger partial charge in [0.15, 0.2) is 11.5 Å². The van der Waals surface area contributed by atoms with Gasteiger partial charge in [0.1, 0.15) is 18.4 Å². The monoisotopic (exact) mass is 494 g/mol. The van der Waals surface area contributed by atoms with E-state index in [4.69, 9.17) is 9.47 Å². The van der Waals surface area contributed by atoms with E-state index in [0.29, 0.717) is 17.1 Å². The summed E-state index contributed by atoms with van der Waals surface area (Å²) in [5, 5.41) is 15.3. The third-order valence-corrected chi connectivity index (χ3v) is 6.49. The molecule has 188 valence electrons. The first-order valence-corrected chi connectivity index (χ1v) is 12.0. The van der Waals surface area contributed by atoms with Crippen molar-refractivity contribution < 1.29 is 23.5 Å². The zero-order valence-electron chi connectivity index (χ0n) is 19.9. The van der Waals surface area contributed by atoms with Crippen molar-refractivity contribution in [1.82, 2.24) is 30.4 Å². The van der Waals surface area contributed by atoms with E-state index in [9.17, 15) is 14.0 Å². The lowest BCUT2D eigenvalue weighted by Gasteiger charge is -2.29. The van der Waals surface area contributed by atoms with Crippen LogP contribution in [0.4, 0.5) is 4.39 Å². The van der Waals surface area contributed by atoms with Crippen molar-refractivity contribution in [2.45, 2.75) is 57.8 Å². The van der Waals surface area contributed by atoms with Gasteiger partial charge >= 0.3 is 0 Å². The average molecular weight is 495 g/mol. The maximum Gasteiger partial charge on any atom is 0.247 e. The zero-order chi connectivity index (χ0) is 25.1. The molecular weight excluding hydrogens is 467 g/mol. The third-order valence-electron chi connectivity index (χ3n) is 6.49. The Bertz CT molecular complexity index is 1240. The molecule has 1 aliphatic carbocycles. The SMILES string of the molecule is CC(C(=O)NC1CCCC1)N(Cc1ccc2c(c1)OCO2)C(=O)Cn1nnc(-c2ccc(F)cc2)n1. The summed E-state index contributed by atoms with van der Waals surface area (Å²) < 4.78 is 24.1. The van der Waals surface area contributed by atoms with Crippen LogP contribution < -0.4 is 14.8 Å². The Morgan fingerprint density at radius 3 is 2.67 bits per heavy atom. The van der Waals surface area contributed by atoms with E-state index in [-0.39, 0.29) is 49.4 Å². The van der Waals surface area contributed by atoms with E-state index in [1.165, 1.54) is 21.8 Å². The van der Waals surface area contributed by atoms with Crippen molar-refractivity contribution in [2.24, 2.45) is 0 Å². The highest BCUT2D eigenvalue weighted by Crippen LogP contribution is 2.33. The Morgan fingerprint density at radius 2 is 1.89 bits per heavy atom. The van der Waals surface area contributed by atoms with E-state index < -0.39 is 6.04 Å². The van der Waals surface area contributed by atoms with E-state index in [1.54, 1.807) is 25.1 Å². The fourth-order valence-electron chi connectivity index (χ4n) is 4.45. The second-order valence-electron chi connectivity index (χ2n) is 9.03. The minimum Gasteiger partial charge on any atom is -0.454 e. The molecule has 1 aliphatic heterocycles. The van der Waals surface area contributed by atoms with Crippen molar-refractivity contribution in [1.29, 1.82) is 0 Å². The molecule has 0 radical (unpaired) electrons. The molecule has 0 bridgehead atoms. The predicted octanol–water partition coefficient (Wildman–Crippen LogP) is 2.68. The Hall–Kier alpha value is -4.02. The summed E-state index contributed by atoms with van der Waals surface area (Å²) in [6.07, 6.45) is 4.08. The summed E-state index contributed by atoms with van der Waals surface area (Å²) in [5.74, 6) is 0.607. The van der Waals surface area contributed by atoms with Crippen molar-refractivity contribution in [2.75, 3.05) is 6.79 Å². The van der Waals surface area contributed by atoms with Crippen LogP contribution in [0.1, 0.15) is 38.2 Å². The molecule has 3 aromatic rings. The first-order valence-electron chi connectivity index (χ1n) is 12.0. The number of hydrogen-bond donors (Lipinski definition) is 1. The topological polar surface area (TPSA) is 111 Å². The van der Waals surface area contributed by atoms with Crippen molar-refractivity contribution in [3.63, 3.8) is 0 Å². The molecule has 10 nitrogen and oxygen atoms in total. The Morgan fingerprint density at radius 1 is 1.14 bits per heavy atom. The highest BCUT2D eigenvalue weighted by atomic mass is 19.1. The van der Waals surface area contributed by atoms with Crippen LogP contribution in [0, 0.1) is 5.82 Å². The van der Waals surface area contributed by atoms with Gasteiger partial charge in [-0.15, -0.1) is 10.2 Å². The second-order valence-corrected chi connectivity index (χ2v) is 9.03. The molecule has 1 aromatic heterocycles. The number of ether oxygens (including phenoxy) is 2. The molecule has 1 unspecified atom stereocenters. The van der Waals surface area contributed by atoms with E-state index in [2.05, 4.69) is 20.7 Å². The van der Waals surface area contributed by atoms with Gasteiger partial charge < -0.3 is 19.7 Å². The fraction of sp³-hybridized carbons (Fsp3) is 0.400. The van der Waals surface area contributed by atoms with Gasteiger partial charge in [0, 0.05) is 18.2 Å². The van der Waals surface area contributed by atoms with Crippen LogP contribution in [0.2, 0.25) is 0 Å². The van der Waals surface area contributed by atoms with Gasteiger partial charge in [-0.2, -0.15) is 4.80 Å². The first-order chi connectivity index (χ1) is 17.5. The molecule has 2 amide bonds. The molecule has 1 atom stereocenters. The van der Waals surface area contributed by atoms with Gasteiger partial charge in [-0.3, -0.25) is 9.59 Å². The number of rotatable bonds is 8. The molecule has 0 spiro atoms. The first kappa shape index (κ1) is 23.7. The minimum absolute atomic E-state index is 0.137.